The number of rotatable bonds is 5. The van der Waals surface area contributed by atoms with E-state index in [0.717, 1.165) is 22.0 Å². The van der Waals surface area contributed by atoms with Crippen LogP contribution in [0.5, 0.6) is 0 Å². The number of nitrogens with zero attached hydrogens (tertiary/aromatic N) is 4. The fraction of sp³-hybridized carbons (Fsp3) is 0.211. The average Bonchev–Trinajstić information content (AvgIpc) is 3.08. The molecule has 0 bridgehead atoms. The maximum atomic E-state index is 13.3. The Kier molecular flexibility index (Phi) is 5.01. The van der Waals surface area contributed by atoms with Crippen LogP contribution in [0.15, 0.2) is 56.9 Å². The summed E-state index contributed by atoms with van der Waals surface area (Å²) in [6, 6.07) is 12.1. The Morgan fingerprint density at radius 1 is 1.19 bits per heavy atom. The summed E-state index contributed by atoms with van der Waals surface area (Å²) >= 11 is 4.90. The summed E-state index contributed by atoms with van der Waals surface area (Å²) in [5.41, 5.74) is 1.70. The number of thioether (sulfide) groups is 1. The van der Waals surface area contributed by atoms with Crippen molar-refractivity contribution in [1.82, 2.24) is 19.2 Å². The molecular weight excluding hydrogens is 431 g/mol. The normalized spacial score (nSPS) is 11.5. The number of aryl methyl sites for hydroxylation is 1. The lowest BCUT2D eigenvalue weighted by atomic mass is 10.2. The number of hydrogen-bond acceptors (Lipinski definition) is 4. The van der Waals surface area contributed by atoms with E-state index in [-0.39, 0.29) is 11.4 Å². The van der Waals surface area contributed by atoms with Crippen LogP contribution in [0.2, 0.25) is 0 Å². The first-order valence-corrected chi connectivity index (χ1v) is 10.3. The van der Waals surface area contributed by atoms with Crippen molar-refractivity contribution >= 4 is 44.4 Å². The molecule has 0 N–H and O–H groups in total. The molecule has 2 heterocycles. The van der Waals surface area contributed by atoms with E-state index in [2.05, 4.69) is 26.1 Å². The van der Waals surface area contributed by atoms with E-state index >= 15 is 0 Å². The molecule has 8 heteroatoms. The summed E-state index contributed by atoms with van der Waals surface area (Å²) in [5, 5.41) is 9.94. The zero-order chi connectivity index (χ0) is 19.0. The number of benzene rings is 2. The molecule has 0 aliphatic heterocycles. The van der Waals surface area contributed by atoms with Gasteiger partial charge in [0.25, 0.3) is 5.56 Å². The van der Waals surface area contributed by atoms with Crippen LogP contribution in [-0.4, -0.2) is 19.2 Å². The molecule has 2 aromatic heterocycles. The monoisotopic (exact) mass is 446 g/mol. The Bertz CT molecular complexity index is 1200. The predicted molar refractivity (Wildman–Crippen MR) is 109 cm³/mol. The fourth-order valence-electron chi connectivity index (χ4n) is 3.03. The van der Waals surface area contributed by atoms with Gasteiger partial charge in [-0.3, -0.25) is 13.8 Å². The average molecular weight is 447 g/mol. The molecule has 4 aromatic rings. The fourth-order valence-corrected chi connectivity index (χ4v) is 4.65. The Balaban J connectivity index is 1.83. The van der Waals surface area contributed by atoms with Crippen LogP contribution in [0.25, 0.3) is 16.7 Å². The molecule has 2 aromatic carbocycles. The summed E-state index contributed by atoms with van der Waals surface area (Å²) in [6.45, 7) is 2.61. The minimum Gasteiger partial charge on any atom is -0.276 e. The number of halogens is 2. The van der Waals surface area contributed by atoms with E-state index in [1.807, 2.05) is 35.6 Å². The summed E-state index contributed by atoms with van der Waals surface area (Å²) in [5.74, 6) is 0.863. The second-order valence-corrected chi connectivity index (χ2v) is 7.91. The highest BCUT2D eigenvalue weighted by atomic mass is 79.9. The molecule has 138 valence electrons. The number of hydrogen-bond donors (Lipinski definition) is 0. The smallest absolute Gasteiger partial charge is 0.262 e. The van der Waals surface area contributed by atoms with Crippen molar-refractivity contribution < 1.29 is 4.39 Å². The second kappa shape index (κ2) is 7.44. The number of fused-ring (bicyclic) bond motifs is 3. The molecule has 0 amide bonds. The largest absolute Gasteiger partial charge is 0.276 e. The maximum absolute atomic E-state index is 13.3. The molecule has 0 spiro atoms. The van der Waals surface area contributed by atoms with Crippen LogP contribution < -0.4 is 5.56 Å². The highest BCUT2D eigenvalue weighted by Crippen LogP contribution is 2.28. The third-order valence-corrected chi connectivity index (χ3v) is 6.01. The first-order chi connectivity index (χ1) is 13.1. The van der Waals surface area contributed by atoms with E-state index < -0.39 is 0 Å². The summed E-state index contributed by atoms with van der Waals surface area (Å²) in [6.07, 6.45) is 0.825. The van der Waals surface area contributed by atoms with Gasteiger partial charge in [-0.05, 0) is 36.2 Å². The second-order valence-electron chi connectivity index (χ2n) is 6.12. The van der Waals surface area contributed by atoms with Crippen molar-refractivity contribution in [2.75, 3.05) is 0 Å². The molecule has 0 unspecified atom stereocenters. The minimum absolute atomic E-state index is 0.0508. The van der Waals surface area contributed by atoms with Gasteiger partial charge in [-0.25, -0.2) is 4.39 Å². The number of aromatic nitrogens is 4. The van der Waals surface area contributed by atoms with Crippen molar-refractivity contribution in [3.8, 4) is 0 Å². The van der Waals surface area contributed by atoms with Gasteiger partial charge in [0.2, 0.25) is 5.78 Å². The summed E-state index contributed by atoms with van der Waals surface area (Å²) < 4.78 is 17.6. The summed E-state index contributed by atoms with van der Waals surface area (Å²) in [7, 11) is 0. The van der Waals surface area contributed by atoms with Gasteiger partial charge in [0, 0.05) is 16.8 Å². The number of para-hydroxylation sites is 1. The van der Waals surface area contributed by atoms with Crippen molar-refractivity contribution in [3.63, 3.8) is 0 Å². The Hall–Kier alpha value is -2.19. The van der Waals surface area contributed by atoms with Crippen molar-refractivity contribution in [2.24, 2.45) is 0 Å². The highest BCUT2D eigenvalue weighted by Gasteiger charge is 2.16. The Morgan fingerprint density at radius 2 is 2.00 bits per heavy atom. The maximum Gasteiger partial charge on any atom is 0.262 e. The lowest BCUT2D eigenvalue weighted by Gasteiger charge is -2.10. The van der Waals surface area contributed by atoms with Gasteiger partial charge in [0.15, 0.2) is 5.16 Å². The van der Waals surface area contributed by atoms with Crippen molar-refractivity contribution in [1.29, 1.82) is 0 Å². The topological polar surface area (TPSA) is 52.2 Å². The third-order valence-electron chi connectivity index (χ3n) is 4.30. The van der Waals surface area contributed by atoms with Crippen LogP contribution in [-0.2, 0) is 12.3 Å². The van der Waals surface area contributed by atoms with Gasteiger partial charge in [-0.1, -0.05) is 52.8 Å². The molecule has 0 saturated carbocycles. The summed E-state index contributed by atoms with van der Waals surface area (Å²) in [4.78, 5) is 12.8. The quantitative estimate of drug-likeness (QED) is 0.418. The lowest BCUT2D eigenvalue weighted by Crippen LogP contribution is -2.23. The van der Waals surface area contributed by atoms with E-state index in [0.29, 0.717) is 28.6 Å². The van der Waals surface area contributed by atoms with Gasteiger partial charge >= 0.3 is 0 Å². The van der Waals surface area contributed by atoms with Gasteiger partial charge in [-0.15, -0.1) is 10.2 Å². The predicted octanol–water partition coefficient (Wildman–Crippen LogP) is 4.65. The lowest BCUT2D eigenvalue weighted by molar-refractivity contribution is 0.626. The van der Waals surface area contributed by atoms with Crippen LogP contribution >= 0.6 is 27.7 Å². The first-order valence-electron chi connectivity index (χ1n) is 8.53. The Labute approximate surface area is 167 Å². The van der Waals surface area contributed by atoms with Gasteiger partial charge in [0.1, 0.15) is 5.82 Å². The molecule has 0 aliphatic carbocycles. The molecule has 27 heavy (non-hydrogen) atoms. The molecular formula is C19H16BrFN4OS. The zero-order valence-electron chi connectivity index (χ0n) is 14.5. The molecule has 0 saturated heterocycles. The van der Waals surface area contributed by atoms with Gasteiger partial charge in [0.05, 0.1) is 10.9 Å². The van der Waals surface area contributed by atoms with Crippen molar-refractivity contribution in [2.45, 2.75) is 30.8 Å². The highest BCUT2D eigenvalue weighted by molar-refractivity contribution is 9.10. The molecule has 5 nitrogen and oxygen atoms in total. The Morgan fingerprint density at radius 3 is 2.78 bits per heavy atom. The minimum atomic E-state index is -0.280. The standard InChI is InChI=1S/C19H16BrFN4OS/c1-2-9-24-17(26)14-5-3-4-6-16(14)25-18(24)22-23-19(25)27-11-12-7-8-13(21)10-15(12)20/h3-8,10H,2,9,11H2,1H3. The zero-order valence-corrected chi connectivity index (χ0v) is 16.9. The molecule has 0 radical (unpaired) electrons. The van der Waals surface area contributed by atoms with E-state index in [1.54, 1.807) is 10.6 Å². The van der Waals surface area contributed by atoms with Crippen LogP contribution in [0, 0.1) is 5.82 Å². The van der Waals surface area contributed by atoms with E-state index in [4.69, 9.17) is 0 Å². The van der Waals surface area contributed by atoms with Crippen LogP contribution in [0.3, 0.4) is 0 Å². The third kappa shape index (κ3) is 3.27. The van der Waals surface area contributed by atoms with Crippen LogP contribution in [0.1, 0.15) is 18.9 Å². The molecule has 0 fully saturated rings. The van der Waals surface area contributed by atoms with Gasteiger partial charge < -0.3 is 0 Å². The SMILES string of the molecule is CCCn1c(=O)c2ccccc2n2c(SCc3ccc(F)cc3Br)nnc12. The molecule has 0 aliphatic rings. The van der Waals surface area contributed by atoms with E-state index in [9.17, 15) is 9.18 Å². The van der Waals surface area contributed by atoms with Crippen molar-refractivity contribution in [3.05, 3.63) is 68.7 Å². The molecule has 4 rings (SSSR count). The van der Waals surface area contributed by atoms with E-state index in [1.165, 1.54) is 23.9 Å². The molecule has 0 atom stereocenters. The first kappa shape index (κ1) is 18.2. The van der Waals surface area contributed by atoms with Crippen LogP contribution in [0.4, 0.5) is 4.39 Å². The van der Waals surface area contributed by atoms with Gasteiger partial charge in [-0.2, -0.15) is 0 Å².